The molecule has 0 aromatic carbocycles. The van der Waals surface area contributed by atoms with Crippen molar-refractivity contribution in [2.24, 2.45) is 0 Å². The van der Waals surface area contributed by atoms with Gasteiger partial charge < -0.3 is 15.1 Å². The van der Waals surface area contributed by atoms with Gasteiger partial charge in [0.2, 0.25) is 0 Å². The lowest BCUT2D eigenvalue weighted by molar-refractivity contribution is 0.0896. The molecule has 2 rings (SSSR count). The van der Waals surface area contributed by atoms with Crippen LogP contribution in [0, 0.1) is 0 Å². The molecule has 4 heteroatoms. The van der Waals surface area contributed by atoms with Crippen LogP contribution in [0.1, 0.15) is 36.2 Å². The first kappa shape index (κ1) is 11.2. The maximum absolute atomic E-state index is 11.7. The average Bonchev–Trinajstić information content (AvgIpc) is 2.83. The van der Waals surface area contributed by atoms with E-state index >= 15 is 0 Å². The summed E-state index contributed by atoms with van der Waals surface area (Å²) in [7, 11) is 1.99. The minimum absolute atomic E-state index is 0.0992. The second-order valence-corrected chi connectivity index (χ2v) is 4.29. The molecule has 1 amide bonds. The Hall–Kier alpha value is -1.29. The van der Waals surface area contributed by atoms with Crippen molar-refractivity contribution >= 4 is 5.91 Å². The molecule has 1 aromatic rings. The summed E-state index contributed by atoms with van der Waals surface area (Å²) >= 11 is 0. The molecule has 0 bridgehead atoms. The zero-order valence-electron chi connectivity index (χ0n) is 9.53. The number of amides is 1. The van der Waals surface area contributed by atoms with Crippen LogP contribution in [0.15, 0.2) is 22.8 Å². The first-order valence-corrected chi connectivity index (χ1v) is 5.81. The Kier molecular flexibility index (Phi) is 3.62. The average molecular weight is 222 g/mol. The summed E-state index contributed by atoms with van der Waals surface area (Å²) in [6.45, 7) is 0. The van der Waals surface area contributed by atoms with Gasteiger partial charge in [-0.1, -0.05) is 0 Å². The fourth-order valence-electron chi connectivity index (χ4n) is 2.19. The van der Waals surface area contributed by atoms with Crippen molar-refractivity contribution in [2.75, 3.05) is 7.05 Å². The van der Waals surface area contributed by atoms with E-state index in [1.807, 2.05) is 7.05 Å². The van der Waals surface area contributed by atoms with Gasteiger partial charge in [-0.05, 0) is 44.9 Å². The molecule has 1 fully saturated rings. The van der Waals surface area contributed by atoms with E-state index in [0.717, 1.165) is 25.7 Å². The second-order valence-electron chi connectivity index (χ2n) is 4.29. The van der Waals surface area contributed by atoms with Crippen molar-refractivity contribution in [3.8, 4) is 0 Å². The number of furan rings is 1. The first-order valence-electron chi connectivity index (χ1n) is 5.81. The largest absolute Gasteiger partial charge is 0.459 e. The SMILES string of the molecule is CNC1CCC(NC(=O)c2ccco2)CC1. The summed E-state index contributed by atoms with van der Waals surface area (Å²) in [6.07, 6.45) is 5.85. The number of rotatable bonds is 3. The van der Waals surface area contributed by atoms with Crippen LogP contribution in [-0.2, 0) is 0 Å². The summed E-state index contributed by atoms with van der Waals surface area (Å²) in [6, 6.07) is 4.32. The standard InChI is InChI=1S/C12H18N2O2/c1-13-9-4-6-10(7-5-9)14-12(15)11-3-2-8-16-11/h2-3,8-10,13H,4-7H2,1H3,(H,14,15). The van der Waals surface area contributed by atoms with Crippen LogP contribution >= 0.6 is 0 Å². The summed E-state index contributed by atoms with van der Waals surface area (Å²) in [5.41, 5.74) is 0. The minimum atomic E-state index is -0.0992. The van der Waals surface area contributed by atoms with Crippen LogP contribution in [0.2, 0.25) is 0 Å². The van der Waals surface area contributed by atoms with Gasteiger partial charge in [0.25, 0.3) is 5.91 Å². The number of nitrogens with one attached hydrogen (secondary N) is 2. The molecule has 0 saturated heterocycles. The van der Waals surface area contributed by atoms with Crippen molar-refractivity contribution in [1.82, 2.24) is 10.6 Å². The molecule has 1 aliphatic carbocycles. The van der Waals surface area contributed by atoms with Crippen LogP contribution in [0.3, 0.4) is 0 Å². The molecule has 0 radical (unpaired) electrons. The van der Waals surface area contributed by atoms with Gasteiger partial charge in [-0.15, -0.1) is 0 Å². The Balaban J connectivity index is 1.81. The van der Waals surface area contributed by atoms with E-state index in [0.29, 0.717) is 17.8 Å². The molecule has 0 spiro atoms. The van der Waals surface area contributed by atoms with Crippen LogP contribution in [0.4, 0.5) is 0 Å². The molecule has 1 aliphatic rings. The van der Waals surface area contributed by atoms with Gasteiger partial charge in [-0.2, -0.15) is 0 Å². The fourth-order valence-corrected chi connectivity index (χ4v) is 2.19. The Labute approximate surface area is 95.4 Å². The fraction of sp³-hybridized carbons (Fsp3) is 0.583. The maximum atomic E-state index is 11.7. The molecule has 16 heavy (non-hydrogen) atoms. The van der Waals surface area contributed by atoms with Crippen molar-refractivity contribution in [3.63, 3.8) is 0 Å². The Morgan fingerprint density at radius 1 is 1.31 bits per heavy atom. The Bertz CT molecular complexity index is 327. The molecular weight excluding hydrogens is 204 g/mol. The second kappa shape index (κ2) is 5.16. The topological polar surface area (TPSA) is 54.3 Å². The van der Waals surface area contributed by atoms with Crippen molar-refractivity contribution in [3.05, 3.63) is 24.2 Å². The predicted molar refractivity (Wildman–Crippen MR) is 61.3 cm³/mol. The normalized spacial score (nSPS) is 25.3. The lowest BCUT2D eigenvalue weighted by Gasteiger charge is -2.28. The molecule has 0 aliphatic heterocycles. The van der Waals surface area contributed by atoms with Gasteiger partial charge in [-0.25, -0.2) is 0 Å². The predicted octanol–water partition coefficient (Wildman–Crippen LogP) is 1.54. The molecule has 1 heterocycles. The monoisotopic (exact) mass is 222 g/mol. The lowest BCUT2D eigenvalue weighted by atomic mass is 9.91. The zero-order chi connectivity index (χ0) is 11.4. The number of hydrogen-bond donors (Lipinski definition) is 2. The van der Waals surface area contributed by atoms with E-state index in [1.165, 1.54) is 6.26 Å². The lowest BCUT2D eigenvalue weighted by Crippen LogP contribution is -2.41. The van der Waals surface area contributed by atoms with E-state index in [-0.39, 0.29) is 5.91 Å². The molecule has 1 saturated carbocycles. The van der Waals surface area contributed by atoms with Crippen molar-refractivity contribution in [2.45, 2.75) is 37.8 Å². The van der Waals surface area contributed by atoms with Gasteiger partial charge >= 0.3 is 0 Å². The highest BCUT2D eigenvalue weighted by Gasteiger charge is 2.22. The highest BCUT2D eigenvalue weighted by molar-refractivity contribution is 5.91. The summed E-state index contributed by atoms with van der Waals surface area (Å²) in [5, 5.41) is 6.28. The summed E-state index contributed by atoms with van der Waals surface area (Å²) < 4.78 is 5.05. The van der Waals surface area contributed by atoms with E-state index < -0.39 is 0 Å². The number of hydrogen-bond acceptors (Lipinski definition) is 3. The van der Waals surface area contributed by atoms with Crippen molar-refractivity contribution in [1.29, 1.82) is 0 Å². The van der Waals surface area contributed by atoms with E-state index in [2.05, 4.69) is 10.6 Å². The Morgan fingerprint density at radius 2 is 2.00 bits per heavy atom. The third kappa shape index (κ3) is 2.64. The zero-order valence-corrected chi connectivity index (χ0v) is 9.53. The molecule has 1 aromatic heterocycles. The van der Waals surface area contributed by atoms with Gasteiger partial charge in [0, 0.05) is 12.1 Å². The van der Waals surface area contributed by atoms with Gasteiger partial charge in [-0.3, -0.25) is 4.79 Å². The third-order valence-corrected chi connectivity index (χ3v) is 3.22. The minimum Gasteiger partial charge on any atom is -0.459 e. The molecule has 0 unspecified atom stereocenters. The van der Waals surface area contributed by atoms with Gasteiger partial charge in [0.1, 0.15) is 0 Å². The van der Waals surface area contributed by atoms with Crippen LogP contribution < -0.4 is 10.6 Å². The smallest absolute Gasteiger partial charge is 0.287 e. The number of carbonyl (C=O) groups excluding carboxylic acids is 1. The highest BCUT2D eigenvalue weighted by atomic mass is 16.3. The molecule has 2 N–H and O–H groups in total. The van der Waals surface area contributed by atoms with Crippen molar-refractivity contribution < 1.29 is 9.21 Å². The van der Waals surface area contributed by atoms with E-state index in [4.69, 9.17) is 4.42 Å². The first-order chi connectivity index (χ1) is 7.79. The number of carbonyl (C=O) groups is 1. The Morgan fingerprint density at radius 3 is 2.56 bits per heavy atom. The van der Waals surface area contributed by atoms with Gasteiger partial charge in [0.05, 0.1) is 6.26 Å². The summed E-state index contributed by atoms with van der Waals surface area (Å²) in [5.74, 6) is 0.300. The third-order valence-electron chi connectivity index (χ3n) is 3.22. The summed E-state index contributed by atoms with van der Waals surface area (Å²) in [4.78, 5) is 11.7. The van der Waals surface area contributed by atoms with E-state index in [1.54, 1.807) is 12.1 Å². The van der Waals surface area contributed by atoms with Crippen LogP contribution in [0.5, 0.6) is 0 Å². The quantitative estimate of drug-likeness (QED) is 0.815. The maximum Gasteiger partial charge on any atom is 0.287 e. The van der Waals surface area contributed by atoms with Crippen LogP contribution in [0.25, 0.3) is 0 Å². The highest BCUT2D eigenvalue weighted by Crippen LogP contribution is 2.18. The van der Waals surface area contributed by atoms with Gasteiger partial charge in [0.15, 0.2) is 5.76 Å². The molecule has 0 atom stereocenters. The molecule has 88 valence electrons. The van der Waals surface area contributed by atoms with E-state index in [9.17, 15) is 4.79 Å². The molecule has 4 nitrogen and oxygen atoms in total. The molecular formula is C12H18N2O2. The van der Waals surface area contributed by atoms with Crippen LogP contribution in [-0.4, -0.2) is 25.0 Å².